The second-order valence-corrected chi connectivity index (χ2v) is 6.35. The summed E-state index contributed by atoms with van der Waals surface area (Å²) >= 11 is 3.46. The molecule has 1 aromatic rings. The second kappa shape index (κ2) is 8.13. The molecule has 2 N–H and O–H groups in total. The van der Waals surface area contributed by atoms with Gasteiger partial charge in [0.2, 0.25) is 0 Å². The van der Waals surface area contributed by atoms with Crippen LogP contribution in [0, 0.1) is 5.92 Å². The summed E-state index contributed by atoms with van der Waals surface area (Å²) in [6.45, 7) is 4.60. The van der Waals surface area contributed by atoms with E-state index in [0.717, 1.165) is 49.1 Å². The number of halogens is 1. The van der Waals surface area contributed by atoms with Gasteiger partial charge in [-0.2, -0.15) is 0 Å². The maximum absolute atomic E-state index is 6.24. The molecule has 0 bridgehead atoms. The molecule has 2 unspecified atom stereocenters. The molecule has 0 aromatic heterocycles. The zero-order valence-electron chi connectivity index (χ0n) is 12.1. The smallest absolute Gasteiger partial charge is 0.0975 e. The number of hydrogen-bond donors (Lipinski definition) is 1. The highest BCUT2D eigenvalue weighted by atomic mass is 79.9. The van der Waals surface area contributed by atoms with Gasteiger partial charge in [0.15, 0.2) is 0 Å². The first-order valence-electron chi connectivity index (χ1n) is 7.41. The van der Waals surface area contributed by atoms with Gasteiger partial charge in [-0.3, -0.25) is 0 Å². The average Bonchev–Trinajstić information content (AvgIpc) is 2.50. The van der Waals surface area contributed by atoms with Crippen molar-refractivity contribution in [1.29, 1.82) is 0 Å². The quantitative estimate of drug-likeness (QED) is 0.858. The highest BCUT2D eigenvalue weighted by Crippen LogP contribution is 2.26. The van der Waals surface area contributed by atoms with E-state index in [-0.39, 0.29) is 12.1 Å². The summed E-state index contributed by atoms with van der Waals surface area (Å²) in [7, 11) is 0. The molecule has 0 spiro atoms. The molecule has 1 aliphatic rings. The molecule has 0 radical (unpaired) electrons. The van der Waals surface area contributed by atoms with Crippen LogP contribution in [-0.4, -0.2) is 25.9 Å². The Labute approximate surface area is 130 Å². The highest BCUT2D eigenvalue weighted by Gasteiger charge is 2.22. The Morgan fingerprint density at radius 1 is 1.30 bits per heavy atom. The molecule has 0 saturated carbocycles. The van der Waals surface area contributed by atoms with Crippen LogP contribution < -0.4 is 5.73 Å². The average molecular weight is 342 g/mol. The molecule has 3 nitrogen and oxygen atoms in total. The molecule has 2 atom stereocenters. The van der Waals surface area contributed by atoms with E-state index < -0.39 is 0 Å². The van der Waals surface area contributed by atoms with Gasteiger partial charge < -0.3 is 15.2 Å². The monoisotopic (exact) mass is 341 g/mol. The molecule has 1 saturated heterocycles. The van der Waals surface area contributed by atoms with Crippen LogP contribution in [0.15, 0.2) is 28.7 Å². The number of ether oxygens (including phenoxy) is 2. The van der Waals surface area contributed by atoms with Gasteiger partial charge in [-0.25, -0.2) is 0 Å². The maximum atomic E-state index is 6.24. The van der Waals surface area contributed by atoms with Crippen molar-refractivity contribution in [3.63, 3.8) is 0 Å². The van der Waals surface area contributed by atoms with E-state index in [4.69, 9.17) is 15.2 Å². The first-order valence-corrected chi connectivity index (χ1v) is 8.20. The first kappa shape index (κ1) is 16.0. The van der Waals surface area contributed by atoms with Gasteiger partial charge in [0.05, 0.1) is 12.7 Å². The Morgan fingerprint density at radius 3 is 2.55 bits per heavy atom. The van der Waals surface area contributed by atoms with Crippen molar-refractivity contribution >= 4 is 15.9 Å². The van der Waals surface area contributed by atoms with Crippen molar-refractivity contribution in [2.75, 3.05) is 19.8 Å². The lowest BCUT2D eigenvalue weighted by Crippen LogP contribution is -2.31. The third kappa shape index (κ3) is 4.55. The van der Waals surface area contributed by atoms with Crippen LogP contribution in [0.1, 0.15) is 37.9 Å². The van der Waals surface area contributed by atoms with Crippen LogP contribution in [0.4, 0.5) is 0 Å². The Morgan fingerprint density at radius 2 is 1.95 bits per heavy atom. The van der Waals surface area contributed by atoms with Crippen molar-refractivity contribution in [3.8, 4) is 0 Å². The molecular weight excluding hydrogens is 318 g/mol. The fraction of sp³-hybridized carbons (Fsp3) is 0.625. The Hall–Kier alpha value is -0.420. The van der Waals surface area contributed by atoms with E-state index in [1.807, 2.05) is 12.1 Å². The minimum atomic E-state index is -0.0176. The molecule has 1 fully saturated rings. The minimum absolute atomic E-state index is 0.0176. The molecular formula is C16H24BrNO2. The maximum Gasteiger partial charge on any atom is 0.0975 e. The van der Waals surface area contributed by atoms with Crippen LogP contribution in [0.2, 0.25) is 0 Å². The van der Waals surface area contributed by atoms with Gasteiger partial charge in [0.25, 0.3) is 0 Å². The summed E-state index contributed by atoms with van der Waals surface area (Å²) in [6, 6.07) is 8.31. The summed E-state index contributed by atoms with van der Waals surface area (Å²) < 4.78 is 12.6. The molecule has 1 aromatic carbocycles. The first-order chi connectivity index (χ1) is 9.70. The topological polar surface area (TPSA) is 44.5 Å². The third-order valence-corrected chi connectivity index (χ3v) is 4.44. The summed E-state index contributed by atoms with van der Waals surface area (Å²) in [5, 5.41) is 0. The molecule has 112 valence electrons. The predicted molar refractivity (Wildman–Crippen MR) is 84.6 cm³/mol. The summed E-state index contributed by atoms with van der Waals surface area (Å²) in [5.74, 6) is 0.603. The Kier molecular flexibility index (Phi) is 6.49. The molecule has 1 aliphatic heterocycles. The Bertz CT molecular complexity index is 390. The number of hydrogen-bond acceptors (Lipinski definition) is 3. The van der Waals surface area contributed by atoms with Gasteiger partial charge in [0.1, 0.15) is 0 Å². The zero-order chi connectivity index (χ0) is 14.4. The van der Waals surface area contributed by atoms with Crippen LogP contribution >= 0.6 is 15.9 Å². The predicted octanol–water partition coefficient (Wildman–Crippen LogP) is 3.67. The van der Waals surface area contributed by atoms with Gasteiger partial charge in [-0.15, -0.1) is 0 Å². The molecule has 1 heterocycles. The fourth-order valence-electron chi connectivity index (χ4n) is 2.49. The fourth-order valence-corrected chi connectivity index (χ4v) is 2.75. The molecule has 4 heteroatoms. The van der Waals surface area contributed by atoms with E-state index in [1.165, 1.54) is 0 Å². The van der Waals surface area contributed by atoms with Crippen molar-refractivity contribution < 1.29 is 9.47 Å². The second-order valence-electron chi connectivity index (χ2n) is 5.43. The molecule has 0 amide bonds. The molecule has 2 rings (SSSR count). The standard InChI is InChI=1S/C16H24BrNO2/c1-2-15(18)16(13-3-5-14(17)6-4-13)20-11-12-7-9-19-10-8-12/h3-6,12,15-16H,2,7-11,18H2,1H3. The zero-order valence-corrected chi connectivity index (χ0v) is 13.6. The van der Waals surface area contributed by atoms with E-state index in [0.29, 0.717) is 5.92 Å². The molecule has 0 aliphatic carbocycles. The van der Waals surface area contributed by atoms with Crippen molar-refractivity contribution in [2.24, 2.45) is 11.7 Å². The van der Waals surface area contributed by atoms with Gasteiger partial charge >= 0.3 is 0 Å². The summed E-state index contributed by atoms with van der Waals surface area (Å²) in [5.41, 5.74) is 7.40. The minimum Gasteiger partial charge on any atom is -0.381 e. The van der Waals surface area contributed by atoms with E-state index in [2.05, 4.69) is 35.0 Å². The van der Waals surface area contributed by atoms with Gasteiger partial charge in [-0.1, -0.05) is 35.0 Å². The number of rotatable bonds is 6. The van der Waals surface area contributed by atoms with Crippen molar-refractivity contribution in [3.05, 3.63) is 34.3 Å². The van der Waals surface area contributed by atoms with E-state index in [9.17, 15) is 0 Å². The molecule has 20 heavy (non-hydrogen) atoms. The van der Waals surface area contributed by atoms with Crippen molar-refractivity contribution in [1.82, 2.24) is 0 Å². The lowest BCUT2D eigenvalue weighted by atomic mass is 9.99. The largest absolute Gasteiger partial charge is 0.381 e. The Balaban J connectivity index is 1.97. The number of benzene rings is 1. The van der Waals surface area contributed by atoms with Gasteiger partial charge in [-0.05, 0) is 42.9 Å². The SMILES string of the molecule is CCC(N)C(OCC1CCOCC1)c1ccc(Br)cc1. The van der Waals surface area contributed by atoms with Crippen molar-refractivity contribution in [2.45, 2.75) is 38.3 Å². The third-order valence-electron chi connectivity index (χ3n) is 3.91. The van der Waals surface area contributed by atoms with Crippen LogP contribution in [0.3, 0.4) is 0 Å². The normalized spacial score (nSPS) is 19.8. The summed E-state index contributed by atoms with van der Waals surface area (Å²) in [6.07, 6.45) is 3.08. The van der Waals surface area contributed by atoms with Gasteiger partial charge in [0, 0.05) is 23.7 Å². The lowest BCUT2D eigenvalue weighted by Gasteiger charge is -2.28. The van der Waals surface area contributed by atoms with Crippen LogP contribution in [-0.2, 0) is 9.47 Å². The summed E-state index contributed by atoms with van der Waals surface area (Å²) in [4.78, 5) is 0. The number of nitrogens with two attached hydrogens (primary N) is 1. The van der Waals surface area contributed by atoms with Crippen LogP contribution in [0.25, 0.3) is 0 Å². The lowest BCUT2D eigenvalue weighted by molar-refractivity contribution is -0.0211. The highest BCUT2D eigenvalue weighted by molar-refractivity contribution is 9.10. The van der Waals surface area contributed by atoms with E-state index >= 15 is 0 Å². The van der Waals surface area contributed by atoms with Crippen LogP contribution in [0.5, 0.6) is 0 Å². The van der Waals surface area contributed by atoms with E-state index in [1.54, 1.807) is 0 Å².